The van der Waals surface area contributed by atoms with Crippen LogP contribution in [0.15, 0.2) is 55.1 Å². The van der Waals surface area contributed by atoms with Gasteiger partial charge < -0.3 is 18.9 Å². The molecular weight excluding hydrogens is 284 g/mol. The fourth-order valence-electron chi connectivity index (χ4n) is 1.46. The molecule has 120 valence electrons. The van der Waals surface area contributed by atoms with E-state index < -0.39 is 5.97 Å². The van der Waals surface area contributed by atoms with E-state index >= 15 is 0 Å². The predicted octanol–water partition coefficient (Wildman–Crippen LogP) is 2.38. The molecule has 1 rings (SSSR count). The van der Waals surface area contributed by atoms with Gasteiger partial charge in [-0.2, -0.15) is 0 Å². The van der Waals surface area contributed by atoms with E-state index in [-0.39, 0.29) is 18.8 Å². The van der Waals surface area contributed by atoms with E-state index in [0.29, 0.717) is 26.4 Å². The van der Waals surface area contributed by atoms with Gasteiger partial charge in [0.05, 0.1) is 32.0 Å². The molecule has 0 aliphatic carbocycles. The van der Waals surface area contributed by atoms with Crippen molar-refractivity contribution in [2.75, 3.05) is 39.6 Å². The van der Waals surface area contributed by atoms with Gasteiger partial charge in [0.2, 0.25) is 0 Å². The highest BCUT2D eigenvalue weighted by molar-refractivity contribution is 5.87. The molecule has 0 amide bonds. The Balaban J connectivity index is 1.97. The number of carbonyl (C=O) groups excluding carboxylic acids is 1. The van der Waals surface area contributed by atoms with Crippen LogP contribution in [-0.2, 0) is 19.0 Å². The zero-order chi connectivity index (χ0) is 16.0. The number of ether oxygens (including phenoxy) is 4. The summed E-state index contributed by atoms with van der Waals surface area (Å²) in [6.07, 6.45) is 1.60. The zero-order valence-electron chi connectivity index (χ0n) is 12.7. The lowest BCUT2D eigenvalue weighted by Gasteiger charge is -2.09. The van der Waals surface area contributed by atoms with Crippen LogP contribution in [0.25, 0.3) is 0 Å². The van der Waals surface area contributed by atoms with E-state index in [4.69, 9.17) is 18.9 Å². The summed E-state index contributed by atoms with van der Waals surface area (Å²) in [6.45, 7) is 8.96. The van der Waals surface area contributed by atoms with Crippen LogP contribution in [0.4, 0.5) is 0 Å². The van der Waals surface area contributed by atoms with Crippen LogP contribution in [0, 0.1) is 0 Å². The van der Waals surface area contributed by atoms with Crippen LogP contribution in [0.5, 0.6) is 5.75 Å². The highest BCUT2D eigenvalue weighted by atomic mass is 16.6. The van der Waals surface area contributed by atoms with Gasteiger partial charge in [-0.15, -0.1) is 6.58 Å². The maximum Gasteiger partial charge on any atom is 0.335 e. The van der Waals surface area contributed by atoms with Gasteiger partial charge in [-0.25, -0.2) is 4.79 Å². The monoisotopic (exact) mass is 306 g/mol. The Morgan fingerprint density at radius 2 is 1.77 bits per heavy atom. The van der Waals surface area contributed by atoms with Crippen molar-refractivity contribution < 1.29 is 23.7 Å². The lowest BCUT2D eigenvalue weighted by Crippen LogP contribution is -2.16. The van der Waals surface area contributed by atoms with Gasteiger partial charge in [-0.3, -0.25) is 0 Å². The van der Waals surface area contributed by atoms with Crippen LogP contribution in [-0.4, -0.2) is 45.6 Å². The Morgan fingerprint density at radius 1 is 1.05 bits per heavy atom. The number of hydrogen-bond acceptors (Lipinski definition) is 5. The molecule has 0 spiro atoms. The van der Waals surface area contributed by atoms with Crippen molar-refractivity contribution in [1.82, 2.24) is 0 Å². The molecule has 0 aromatic heterocycles. The first kappa shape index (κ1) is 17.9. The third-order valence-corrected chi connectivity index (χ3v) is 2.50. The van der Waals surface area contributed by atoms with E-state index in [1.165, 1.54) is 0 Å². The molecule has 0 bridgehead atoms. The Bertz CT molecular complexity index is 455. The molecule has 0 atom stereocenters. The van der Waals surface area contributed by atoms with Gasteiger partial charge in [0.1, 0.15) is 19.0 Å². The molecule has 22 heavy (non-hydrogen) atoms. The number of hydrogen-bond donors (Lipinski definition) is 0. The Hall–Kier alpha value is -2.11. The third kappa shape index (κ3) is 8.24. The molecule has 5 heteroatoms. The second kappa shape index (κ2) is 11.5. The molecule has 0 saturated heterocycles. The predicted molar refractivity (Wildman–Crippen MR) is 83.9 cm³/mol. The number of benzene rings is 1. The molecule has 5 nitrogen and oxygen atoms in total. The molecule has 1 aromatic rings. The van der Waals surface area contributed by atoms with Crippen molar-refractivity contribution >= 4 is 5.97 Å². The van der Waals surface area contributed by atoms with E-state index in [1.54, 1.807) is 6.08 Å². The van der Waals surface area contributed by atoms with Crippen molar-refractivity contribution in [3.8, 4) is 5.75 Å². The van der Waals surface area contributed by atoms with Crippen molar-refractivity contribution in [2.45, 2.75) is 0 Å². The molecular formula is C17H22O5. The molecule has 0 aliphatic rings. The SMILES string of the molecule is C=CCOCC(=C)C(=O)OCCOCCOc1ccccc1. The molecule has 0 fully saturated rings. The summed E-state index contributed by atoms with van der Waals surface area (Å²) >= 11 is 0. The summed E-state index contributed by atoms with van der Waals surface area (Å²) in [5.41, 5.74) is 0.272. The highest BCUT2D eigenvalue weighted by Gasteiger charge is 2.07. The highest BCUT2D eigenvalue weighted by Crippen LogP contribution is 2.07. The van der Waals surface area contributed by atoms with Crippen molar-refractivity contribution in [3.63, 3.8) is 0 Å². The van der Waals surface area contributed by atoms with Crippen molar-refractivity contribution in [2.24, 2.45) is 0 Å². The Morgan fingerprint density at radius 3 is 2.50 bits per heavy atom. The minimum atomic E-state index is -0.479. The normalized spacial score (nSPS) is 10.0. The van der Waals surface area contributed by atoms with Crippen LogP contribution in [0.1, 0.15) is 0 Å². The van der Waals surface area contributed by atoms with E-state index in [1.807, 2.05) is 30.3 Å². The molecule has 0 radical (unpaired) electrons. The van der Waals surface area contributed by atoms with Crippen molar-refractivity contribution in [3.05, 3.63) is 55.1 Å². The topological polar surface area (TPSA) is 54.0 Å². The minimum Gasteiger partial charge on any atom is -0.491 e. The lowest BCUT2D eigenvalue weighted by molar-refractivity contribution is -0.141. The standard InChI is InChI=1S/C17H22O5/c1-3-9-20-14-15(2)17(18)22-13-11-19-10-12-21-16-7-5-4-6-8-16/h3-8H,1-2,9-14H2. The molecule has 1 aromatic carbocycles. The number of rotatable bonds is 12. The fraction of sp³-hybridized carbons (Fsp3) is 0.353. The summed E-state index contributed by atoms with van der Waals surface area (Å²) < 4.78 is 20.9. The second-order valence-corrected chi connectivity index (χ2v) is 4.32. The van der Waals surface area contributed by atoms with Gasteiger partial charge in [-0.05, 0) is 12.1 Å². The first-order valence-electron chi connectivity index (χ1n) is 7.03. The number of esters is 1. The molecule has 0 N–H and O–H groups in total. The summed E-state index contributed by atoms with van der Waals surface area (Å²) in [4.78, 5) is 11.5. The van der Waals surface area contributed by atoms with Gasteiger partial charge in [-0.1, -0.05) is 30.9 Å². The average Bonchev–Trinajstić information content (AvgIpc) is 2.54. The van der Waals surface area contributed by atoms with Crippen LogP contribution in [0.3, 0.4) is 0 Å². The fourth-order valence-corrected chi connectivity index (χ4v) is 1.46. The van der Waals surface area contributed by atoms with Gasteiger partial charge in [0, 0.05) is 0 Å². The van der Waals surface area contributed by atoms with Gasteiger partial charge in [0.15, 0.2) is 0 Å². The van der Waals surface area contributed by atoms with E-state index in [9.17, 15) is 4.79 Å². The second-order valence-electron chi connectivity index (χ2n) is 4.32. The Kier molecular flexibility index (Phi) is 9.41. The molecule has 0 aliphatic heterocycles. The first-order chi connectivity index (χ1) is 10.7. The van der Waals surface area contributed by atoms with Gasteiger partial charge >= 0.3 is 5.97 Å². The Labute approximate surface area is 131 Å². The first-order valence-corrected chi connectivity index (χ1v) is 7.03. The summed E-state index contributed by atoms with van der Waals surface area (Å²) in [6, 6.07) is 9.49. The molecule has 0 heterocycles. The quantitative estimate of drug-likeness (QED) is 0.257. The maximum atomic E-state index is 11.5. The lowest BCUT2D eigenvalue weighted by atomic mass is 10.3. The number of carbonyl (C=O) groups is 1. The van der Waals surface area contributed by atoms with Crippen molar-refractivity contribution in [1.29, 1.82) is 0 Å². The molecule has 0 saturated carbocycles. The van der Waals surface area contributed by atoms with Crippen LogP contribution >= 0.6 is 0 Å². The molecule has 0 unspecified atom stereocenters. The average molecular weight is 306 g/mol. The van der Waals surface area contributed by atoms with Gasteiger partial charge in [0.25, 0.3) is 0 Å². The summed E-state index contributed by atoms with van der Waals surface area (Å²) in [5, 5.41) is 0. The number of para-hydroxylation sites is 1. The van der Waals surface area contributed by atoms with Crippen LogP contribution < -0.4 is 4.74 Å². The summed E-state index contributed by atoms with van der Waals surface area (Å²) in [5.74, 6) is 0.321. The largest absolute Gasteiger partial charge is 0.491 e. The minimum absolute atomic E-state index is 0.136. The maximum absolute atomic E-state index is 11.5. The van der Waals surface area contributed by atoms with E-state index in [2.05, 4.69) is 13.2 Å². The van der Waals surface area contributed by atoms with E-state index in [0.717, 1.165) is 5.75 Å². The summed E-state index contributed by atoms with van der Waals surface area (Å²) in [7, 11) is 0. The van der Waals surface area contributed by atoms with Crippen LogP contribution in [0.2, 0.25) is 0 Å². The smallest absolute Gasteiger partial charge is 0.335 e. The zero-order valence-corrected chi connectivity index (χ0v) is 12.7. The third-order valence-electron chi connectivity index (χ3n) is 2.50.